The molecule has 0 bridgehead atoms. The van der Waals surface area contributed by atoms with Crippen molar-refractivity contribution in [2.24, 2.45) is 0 Å². The predicted octanol–water partition coefficient (Wildman–Crippen LogP) is 7.37. The topological polar surface area (TPSA) is 63.1 Å². The van der Waals surface area contributed by atoms with Crippen molar-refractivity contribution in [1.29, 1.82) is 0 Å². The lowest BCUT2D eigenvalue weighted by Crippen LogP contribution is -2.15. The van der Waals surface area contributed by atoms with Crippen LogP contribution in [0.25, 0.3) is 35.2 Å². The zero-order chi connectivity index (χ0) is 24.5. The molecule has 0 spiro atoms. The molecule has 1 aliphatic rings. The zero-order valence-corrected chi connectivity index (χ0v) is 20.2. The Labute approximate surface area is 211 Å². The van der Waals surface area contributed by atoms with E-state index >= 15 is 0 Å². The molecular formula is C28H20ClFN2O2S. The van der Waals surface area contributed by atoms with E-state index in [-0.39, 0.29) is 10.3 Å². The minimum Gasteiger partial charge on any atom is -0.480 e. The maximum absolute atomic E-state index is 13.7. The SMILES string of the molecule is CC(SC1c2cc(/C=C/c3ccc4cc(F)c(Cl)cc4n3)ccc2C=Cc2ncccc21)C(=O)O. The van der Waals surface area contributed by atoms with Crippen LogP contribution < -0.4 is 0 Å². The second-order valence-corrected chi connectivity index (χ2v) is 10.1. The van der Waals surface area contributed by atoms with Crippen LogP contribution in [0.5, 0.6) is 0 Å². The molecule has 7 heteroatoms. The van der Waals surface area contributed by atoms with Crippen LogP contribution in [0.1, 0.15) is 45.8 Å². The van der Waals surface area contributed by atoms with Crippen molar-refractivity contribution >= 4 is 64.5 Å². The van der Waals surface area contributed by atoms with Gasteiger partial charge in [-0.15, -0.1) is 11.8 Å². The van der Waals surface area contributed by atoms with Crippen LogP contribution in [0.4, 0.5) is 4.39 Å². The van der Waals surface area contributed by atoms with Gasteiger partial charge in [0.2, 0.25) is 0 Å². The lowest BCUT2D eigenvalue weighted by Gasteiger charge is -2.22. The van der Waals surface area contributed by atoms with E-state index in [1.807, 2.05) is 60.7 Å². The normalized spacial score (nSPS) is 15.6. The van der Waals surface area contributed by atoms with E-state index in [0.29, 0.717) is 10.9 Å². The number of fused-ring (bicyclic) bond motifs is 3. The number of carboxylic acids is 1. The minimum atomic E-state index is -0.849. The molecule has 5 rings (SSSR count). The van der Waals surface area contributed by atoms with E-state index in [1.54, 1.807) is 13.1 Å². The number of pyridine rings is 2. The van der Waals surface area contributed by atoms with Crippen LogP contribution in [0.2, 0.25) is 5.02 Å². The van der Waals surface area contributed by atoms with Gasteiger partial charge < -0.3 is 5.11 Å². The van der Waals surface area contributed by atoms with Gasteiger partial charge in [0.15, 0.2) is 0 Å². The van der Waals surface area contributed by atoms with Gasteiger partial charge in [0, 0.05) is 11.6 Å². The zero-order valence-electron chi connectivity index (χ0n) is 18.7. The first-order valence-electron chi connectivity index (χ1n) is 11.0. The van der Waals surface area contributed by atoms with Gasteiger partial charge in [-0.25, -0.2) is 9.37 Å². The number of nitrogens with zero attached hydrogens (tertiary/aromatic N) is 2. The number of thioether (sulfide) groups is 1. The standard InChI is InChI=1S/C28H20ClFN2O2S/c1-16(28(33)34)35-27-21-3-2-12-31-25(21)11-8-18-6-4-17(13-22(18)27)5-9-20-10-7-19-14-24(30)23(29)15-26(19)32-20/h2-16,27H,1H3,(H,33,34)/b9-5+. The largest absolute Gasteiger partial charge is 0.480 e. The monoisotopic (exact) mass is 502 g/mol. The van der Waals surface area contributed by atoms with Crippen LogP contribution in [0, 0.1) is 5.82 Å². The highest BCUT2D eigenvalue weighted by Gasteiger charge is 2.27. The van der Waals surface area contributed by atoms with Crippen molar-refractivity contribution in [2.45, 2.75) is 17.4 Å². The molecule has 2 aromatic heterocycles. The van der Waals surface area contributed by atoms with Gasteiger partial charge in [-0.3, -0.25) is 9.78 Å². The number of hydrogen-bond acceptors (Lipinski definition) is 4. The van der Waals surface area contributed by atoms with E-state index in [4.69, 9.17) is 11.6 Å². The van der Waals surface area contributed by atoms with E-state index in [1.165, 1.54) is 23.9 Å². The van der Waals surface area contributed by atoms with E-state index in [9.17, 15) is 14.3 Å². The van der Waals surface area contributed by atoms with Crippen LogP contribution in [0.3, 0.4) is 0 Å². The quantitative estimate of drug-likeness (QED) is 0.308. The van der Waals surface area contributed by atoms with Gasteiger partial charge >= 0.3 is 5.97 Å². The van der Waals surface area contributed by atoms with Gasteiger partial charge in [0.05, 0.1) is 27.2 Å². The second-order valence-electron chi connectivity index (χ2n) is 8.22. The summed E-state index contributed by atoms with van der Waals surface area (Å²) < 4.78 is 13.7. The van der Waals surface area contributed by atoms with Crippen molar-refractivity contribution in [3.63, 3.8) is 0 Å². The summed E-state index contributed by atoms with van der Waals surface area (Å²) in [5.74, 6) is -1.32. The Kier molecular flexibility index (Phi) is 6.41. The molecule has 1 N–H and O–H groups in total. The van der Waals surface area contributed by atoms with Gasteiger partial charge in [-0.1, -0.05) is 48.0 Å². The van der Waals surface area contributed by atoms with E-state index in [2.05, 4.69) is 16.0 Å². The first-order valence-corrected chi connectivity index (χ1v) is 12.3. The van der Waals surface area contributed by atoms with Crippen LogP contribution >= 0.6 is 23.4 Å². The Morgan fingerprint density at radius 3 is 2.80 bits per heavy atom. The molecule has 2 atom stereocenters. The van der Waals surface area contributed by atoms with Crippen molar-refractivity contribution in [2.75, 3.05) is 0 Å². The average Bonchev–Trinajstić information content (AvgIpc) is 3.00. The van der Waals surface area contributed by atoms with Crippen molar-refractivity contribution in [3.05, 3.63) is 105 Å². The average molecular weight is 503 g/mol. The number of aromatic nitrogens is 2. The molecule has 35 heavy (non-hydrogen) atoms. The minimum absolute atomic E-state index is 0.0406. The molecule has 0 saturated carbocycles. The van der Waals surface area contributed by atoms with Crippen LogP contribution in [-0.2, 0) is 4.79 Å². The third-order valence-electron chi connectivity index (χ3n) is 5.86. The Morgan fingerprint density at radius 2 is 1.97 bits per heavy atom. The van der Waals surface area contributed by atoms with E-state index in [0.717, 1.165) is 33.6 Å². The number of hydrogen-bond donors (Lipinski definition) is 1. The fraction of sp³-hybridized carbons (Fsp3) is 0.107. The molecule has 2 heterocycles. The Morgan fingerprint density at radius 1 is 1.11 bits per heavy atom. The lowest BCUT2D eigenvalue weighted by atomic mass is 9.98. The van der Waals surface area contributed by atoms with Crippen molar-refractivity contribution < 1.29 is 14.3 Å². The first-order chi connectivity index (χ1) is 16.9. The number of carbonyl (C=O) groups is 1. The van der Waals surface area contributed by atoms with Gasteiger partial charge in [0.25, 0.3) is 0 Å². The second kappa shape index (κ2) is 9.64. The Hall–Kier alpha value is -3.48. The summed E-state index contributed by atoms with van der Waals surface area (Å²) >= 11 is 7.31. The number of benzene rings is 2. The highest BCUT2D eigenvalue weighted by Crippen LogP contribution is 2.43. The summed E-state index contributed by atoms with van der Waals surface area (Å²) in [6, 6.07) is 16.5. The molecule has 4 aromatic rings. The molecule has 0 fully saturated rings. The summed E-state index contributed by atoms with van der Waals surface area (Å²) in [6.07, 6.45) is 9.59. The summed E-state index contributed by atoms with van der Waals surface area (Å²) in [5.41, 5.74) is 6.17. The fourth-order valence-corrected chi connectivity index (χ4v) is 5.40. The molecule has 0 radical (unpaired) electrons. The molecule has 174 valence electrons. The van der Waals surface area contributed by atoms with Gasteiger partial charge in [0.1, 0.15) is 11.1 Å². The third kappa shape index (κ3) is 4.85. The Balaban J connectivity index is 1.52. The third-order valence-corrected chi connectivity index (χ3v) is 7.53. The fourth-order valence-electron chi connectivity index (χ4n) is 4.02. The predicted molar refractivity (Wildman–Crippen MR) is 142 cm³/mol. The number of halogens is 2. The van der Waals surface area contributed by atoms with Crippen LogP contribution in [-0.4, -0.2) is 26.3 Å². The number of carboxylic acid groups (broad SMARTS) is 1. The summed E-state index contributed by atoms with van der Waals surface area (Å²) in [6.45, 7) is 1.70. The summed E-state index contributed by atoms with van der Waals surface area (Å²) in [5, 5.41) is 9.51. The Bertz CT molecular complexity index is 1520. The summed E-state index contributed by atoms with van der Waals surface area (Å²) in [4.78, 5) is 20.7. The first kappa shape index (κ1) is 23.3. The summed E-state index contributed by atoms with van der Waals surface area (Å²) in [7, 11) is 0. The van der Waals surface area contributed by atoms with E-state index < -0.39 is 17.0 Å². The molecule has 0 saturated heterocycles. The number of aliphatic carboxylic acids is 1. The smallest absolute Gasteiger partial charge is 0.316 e. The molecule has 0 amide bonds. The van der Waals surface area contributed by atoms with Gasteiger partial charge in [-0.2, -0.15) is 0 Å². The molecular weight excluding hydrogens is 483 g/mol. The number of rotatable bonds is 5. The van der Waals surface area contributed by atoms with Crippen molar-refractivity contribution in [1.82, 2.24) is 9.97 Å². The maximum Gasteiger partial charge on any atom is 0.316 e. The molecule has 1 aliphatic carbocycles. The molecule has 2 unspecified atom stereocenters. The molecule has 2 aromatic carbocycles. The molecule has 0 aliphatic heterocycles. The van der Waals surface area contributed by atoms with Gasteiger partial charge in [-0.05, 0) is 71.7 Å². The lowest BCUT2D eigenvalue weighted by molar-refractivity contribution is -0.136. The van der Waals surface area contributed by atoms with Crippen LogP contribution in [0.15, 0.2) is 60.8 Å². The highest BCUT2D eigenvalue weighted by atomic mass is 35.5. The molecule has 4 nitrogen and oxygen atoms in total. The van der Waals surface area contributed by atoms with Crippen molar-refractivity contribution in [3.8, 4) is 0 Å². The maximum atomic E-state index is 13.7. The highest BCUT2D eigenvalue weighted by molar-refractivity contribution is 8.01.